The summed E-state index contributed by atoms with van der Waals surface area (Å²) in [5.41, 5.74) is 1.43. The number of hydrogen-bond acceptors (Lipinski definition) is 6. The SMILES string of the molecule is COc1ccc(/C=C/C(=O)O[C@H](C)C(=O)c2ccc(NS(C)(=O)=O)cc2)cc1. The van der Waals surface area contributed by atoms with Gasteiger partial charge in [0.1, 0.15) is 5.75 Å². The Morgan fingerprint density at radius 2 is 1.64 bits per heavy atom. The second kappa shape index (κ2) is 9.18. The topological polar surface area (TPSA) is 98.8 Å². The maximum Gasteiger partial charge on any atom is 0.331 e. The van der Waals surface area contributed by atoms with Crippen molar-refractivity contribution in [3.05, 3.63) is 65.7 Å². The molecule has 0 fully saturated rings. The monoisotopic (exact) mass is 403 g/mol. The van der Waals surface area contributed by atoms with Gasteiger partial charge in [-0.2, -0.15) is 0 Å². The predicted octanol–water partition coefficient (Wildman–Crippen LogP) is 2.89. The van der Waals surface area contributed by atoms with Gasteiger partial charge in [0.2, 0.25) is 15.8 Å². The van der Waals surface area contributed by atoms with Crippen molar-refractivity contribution in [2.24, 2.45) is 0 Å². The summed E-state index contributed by atoms with van der Waals surface area (Å²) in [4.78, 5) is 24.3. The summed E-state index contributed by atoms with van der Waals surface area (Å²) in [5, 5.41) is 0. The van der Waals surface area contributed by atoms with Gasteiger partial charge in [0.25, 0.3) is 0 Å². The minimum absolute atomic E-state index is 0.304. The predicted molar refractivity (Wildman–Crippen MR) is 107 cm³/mol. The number of methoxy groups -OCH3 is 1. The van der Waals surface area contributed by atoms with E-state index < -0.39 is 27.9 Å². The molecule has 0 saturated heterocycles. The first kappa shape index (κ1) is 21.2. The van der Waals surface area contributed by atoms with E-state index in [0.29, 0.717) is 17.0 Å². The van der Waals surface area contributed by atoms with Crippen LogP contribution < -0.4 is 9.46 Å². The first-order valence-corrected chi connectivity index (χ1v) is 10.2. The van der Waals surface area contributed by atoms with Crippen molar-refractivity contribution in [3.8, 4) is 5.75 Å². The number of ketones is 1. The van der Waals surface area contributed by atoms with Crippen LogP contribution in [0, 0.1) is 0 Å². The smallest absolute Gasteiger partial charge is 0.331 e. The molecular formula is C20H21NO6S. The number of nitrogens with one attached hydrogen (secondary N) is 1. The van der Waals surface area contributed by atoms with E-state index in [1.807, 2.05) is 0 Å². The molecule has 0 radical (unpaired) electrons. The summed E-state index contributed by atoms with van der Waals surface area (Å²) >= 11 is 0. The van der Waals surface area contributed by atoms with Crippen molar-refractivity contribution >= 4 is 33.5 Å². The van der Waals surface area contributed by atoms with E-state index in [9.17, 15) is 18.0 Å². The van der Waals surface area contributed by atoms with Gasteiger partial charge in [0.05, 0.1) is 13.4 Å². The molecule has 0 spiro atoms. The Morgan fingerprint density at radius 1 is 1.04 bits per heavy atom. The number of carbonyl (C=O) groups excluding carboxylic acids is 2. The number of hydrogen-bond donors (Lipinski definition) is 1. The van der Waals surface area contributed by atoms with Gasteiger partial charge >= 0.3 is 5.97 Å². The molecule has 0 aromatic heterocycles. The molecule has 1 atom stereocenters. The highest BCUT2D eigenvalue weighted by Gasteiger charge is 2.18. The van der Waals surface area contributed by atoms with Crippen LogP contribution in [0.1, 0.15) is 22.8 Å². The molecule has 0 amide bonds. The lowest BCUT2D eigenvalue weighted by Gasteiger charge is -2.11. The molecule has 0 bridgehead atoms. The third kappa shape index (κ3) is 6.55. The fourth-order valence-electron chi connectivity index (χ4n) is 2.30. The number of sulfonamides is 1. The zero-order valence-corrected chi connectivity index (χ0v) is 16.5. The molecule has 2 rings (SSSR count). The van der Waals surface area contributed by atoms with Crippen LogP contribution in [0.25, 0.3) is 6.08 Å². The van der Waals surface area contributed by atoms with Crippen LogP contribution in [0.3, 0.4) is 0 Å². The number of carbonyl (C=O) groups is 2. The zero-order valence-electron chi connectivity index (χ0n) is 15.7. The molecule has 0 aliphatic rings. The number of benzene rings is 2. The van der Waals surface area contributed by atoms with Crippen LogP contribution in [0.2, 0.25) is 0 Å². The Morgan fingerprint density at radius 3 is 2.18 bits per heavy atom. The van der Waals surface area contributed by atoms with E-state index in [-0.39, 0.29) is 0 Å². The molecule has 7 nitrogen and oxygen atoms in total. The number of rotatable bonds is 8. The summed E-state index contributed by atoms with van der Waals surface area (Å²) < 4.78 is 34.9. The highest BCUT2D eigenvalue weighted by Crippen LogP contribution is 2.14. The van der Waals surface area contributed by atoms with Crippen molar-refractivity contribution < 1.29 is 27.5 Å². The average Bonchev–Trinajstić information content (AvgIpc) is 2.65. The fourth-order valence-corrected chi connectivity index (χ4v) is 2.86. The lowest BCUT2D eigenvalue weighted by molar-refractivity contribution is -0.140. The van der Waals surface area contributed by atoms with Gasteiger partial charge in [0, 0.05) is 17.3 Å². The highest BCUT2D eigenvalue weighted by molar-refractivity contribution is 7.92. The van der Waals surface area contributed by atoms with Crippen molar-refractivity contribution in [3.63, 3.8) is 0 Å². The Kier molecular flexibility index (Phi) is 6.94. The fraction of sp³-hybridized carbons (Fsp3) is 0.200. The second-order valence-corrected chi connectivity index (χ2v) is 7.75. The average molecular weight is 403 g/mol. The van der Waals surface area contributed by atoms with Crippen LogP contribution in [-0.2, 0) is 19.6 Å². The second-order valence-electron chi connectivity index (χ2n) is 6.00. The maximum absolute atomic E-state index is 12.4. The zero-order chi connectivity index (χ0) is 20.7. The molecule has 28 heavy (non-hydrogen) atoms. The number of ether oxygens (including phenoxy) is 2. The Balaban J connectivity index is 1.95. The minimum atomic E-state index is -3.39. The van der Waals surface area contributed by atoms with Crippen LogP contribution in [0.4, 0.5) is 5.69 Å². The molecular weight excluding hydrogens is 382 g/mol. The number of anilines is 1. The van der Waals surface area contributed by atoms with Gasteiger partial charge in [-0.1, -0.05) is 12.1 Å². The third-order valence-corrected chi connectivity index (χ3v) is 4.27. The molecule has 0 saturated carbocycles. The summed E-state index contributed by atoms with van der Waals surface area (Å²) in [5.74, 6) is -0.333. The van der Waals surface area contributed by atoms with Crippen LogP contribution in [0.5, 0.6) is 5.75 Å². The molecule has 0 unspecified atom stereocenters. The van der Waals surface area contributed by atoms with Gasteiger partial charge in [-0.15, -0.1) is 0 Å². The van der Waals surface area contributed by atoms with Crippen molar-refractivity contribution in [1.82, 2.24) is 0 Å². The van der Waals surface area contributed by atoms with Crippen LogP contribution >= 0.6 is 0 Å². The molecule has 0 aliphatic carbocycles. The van der Waals surface area contributed by atoms with Gasteiger partial charge in [-0.25, -0.2) is 13.2 Å². The largest absolute Gasteiger partial charge is 0.497 e. The third-order valence-electron chi connectivity index (χ3n) is 3.66. The van der Waals surface area contributed by atoms with Crippen LogP contribution in [0.15, 0.2) is 54.6 Å². The molecule has 0 heterocycles. The van der Waals surface area contributed by atoms with Crippen molar-refractivity contribution in [2.75, 3.05) is 18.1 Å². The summed E-state index contributed by atoms with van der Waals surface area (Å²) in [6, 6.07) is 12.9. The van der Waals surface area contributed by atoms with E-state index in [1.165, 1.54) is 37.3 Å². The summed E-state index contributed by atoms with van der Waals surface area (Å²) in [6.45, 7) is 1.48. The van der Waals surface area contributed by atoms with Crippen LogP contribution in [-0.4, -0.2) is 39.6 Å². The Hall–Kier alpha value is -3.13. The molecule has 2 aromatic rings. The quantitative estimate of drug-likeness (QED) is 0.413. The van der Waals surface area contributed by atoms with Gasteiger partial charge in [0.15, 0.2) is 6.10 Å². The Bertz CT molecular complexity index is 963. The molecule has 1 N–H and O–H groups in total. The lowest BCUT2D eigenvalue weighted by Crippen LogP contribution is -2.23. The normalized spacial score (nSPS) is 12.4. The van der Waals surface area contributed by atoms with Crippen molar-refractivity contribution in [2.45, 2.75) is 13.0 Å². The van der Waals surface area contributed by atoms with E-state index in [2.05, 4.69) is 4.72 Å². The Labute approximate surface area is 164 Å². The van der Waals surface area contributed by atoms with E-state index in [1.54, 1.807) is 37.5 Å². The van der Waals surface area contributed by atoms with E-state index in [4.69, 9.17) is 9.47 Å². The standard InChI is InChI=1S/C20H21NO6S/c1-14(20(23)16-7-9-17(10-8-16)21-28(3,24)25)27-19(22)13-6-15-4-11-18(26-2)12-5-15/h4-14,21H,1-3H3/b13-6+/t14-/m1/s1. The van der Waals surface area contributed by atoms with Gasteiger partial charge in [-0.3, -0.25) is 9.52 Å². The number of Topliss-reactive ketones (excluding diaryl/α,β-unsaturated/α-hetero) is 1. The molecule has 0 aliphatic heterocycles. The van der Waals surface area contributed by atoms with E-state index >= 15 is 0 Å². The summed E-state index contributed by atoms with van der Waals surface area (Å²) in [7, 11) is -1.83. The first-order chi connectivity index (χ1) is 13.2. The molecule has 2 aromatic carbocycles. The lowest BCUT2D eigenvalue weighted by atomic mass is 10.1. The van der Waals surface area contributed by atoms with Gasteiger partial charge in [-0.05, 0) is 55.0 Å². The molecule has 8 heteroatoms. The van der Waals surface area contributed by atoms with E-state index in [0.717, 1.165) is 11.8 Å². The van der Waals surface area contributed by atoms with Gasteiger partial charge < -0.3 is 9.47 Å². The minimum Gasteiger partial charge on any atom is -0.497 e. The highest BCUT2D eigenvalue weighted by atomic mass is 32.2. The maximum atomic E-state index is 12.4. The first-order valence-electron chi connectivity index (χ1n) is 8.33. The summed E-state index contributed by atoms with van der Waals surface area (Å²) in [6.07, 6.45) is 2.87. The molecule has 148 valence electrons. The van der Waals surface area contributed by atoms with Crippen molar-refractivity contribution in [1.29, 1.82) is 0 Å². The number of esters is 1.